The van der Waals surface area contributed by atoms with Crippen LogP contribution in [-0.4, -0.2) is 31.0 Å². The molecule has 0 unspecified atom stereocenters. The second-order valence-corrected chi connectivity index (χ2v) is 9.32. The standard InChI is InChI=1S/C25H21ClN6OS/c26-17-7-6-10-19(13-17)31-16-28-30-25(31)34-15-23(33)29-24-21(14-27)20-11-4-5-12-22(20)32(24)18-8-2-1-3-9-18/h1-3,6-10,13,16H,4-5,11-12,15H2,(H,29,33). The number of thioether (sulfide) groups is 1. The highest BCUT2D eigenvalue weighted by Gasteiger charge is 2.26. The summed E-state index contributed by atoms with van der Waals surface area (Å²) in [5, 5.41) is 22.3. The second kappa shape index (κ2) is 9.75. The molecule has 0 spiro atoms. The third kappa shape index (κ3) is 4.32. The number of carbonyl (C=O) groups excluding carboxylic acids is 1. The monoisotopic (exact) mass is 488 g/mol. The fourth-order valence-electron chi connectivity index (χ4n) is 4.32. The minimum absolute atomic E-state index is 0.120. The van der Waals surface area contributed by atoms with Gasteiger partial charge in [-0.2, -0.15) is 5.26 Å². The summed E-state index contributed by atoms with van der Waals surface area (Å²) in [7, 11) is 0. The topological polar surface area (TPSA) is 88.5 Å². The fraction of sp³-hybridized carbons (Fsp3) is 0.200. The van der Waals surface area contributed by atoms with E-state index in [0.29, 0.717) is 21.6 Å². The maximum atomic E-state index is 13.0. The minimum Gasteiger partial charge on any atom is -0.310 e. The van der Waals surface area contributed by atoms with Crippen molar-refractivity contribution < 1.29 is 4.79 Å². The lowest BCUT2D eigenvalue weighted by atomic mass is 9.95. The van der Waals surface area contributed by atoms with Crippen molar-refractivity contribution in [1.82, 2.24) is 19.3 Å². The number of amides is 1. The third-order valence-electron chi connectivity index (χ3n) is 5.79. The van der Waals surface area contributed by atoms with E-state index in [1.54, 1.807) is 17.0 Å². The Hall–Kier alpha value is -3.54. The molecule has 1 N–H and O–H groups in total. The number of rotatable bonds is 6. The van der Waals surface area contributed by atoms with Crippen molar-refractivity contribution in [2.75, 3.05) is 11.1 Å². The van der Waals surface area contributed by atoms with Gasteiger partial charge in [-0.3, -0.25) is 13.9 Å². The van der Waals surface area contributed by atoms with Crippen molar-refractivity contribution in [3.8, 4) is 17.4 Å². The predicted octanol–water partition coefficient (Wildman–Crippen LogP) is 5.19. The van der Waals surface area contributed by atoms with Gasteiger partial charge in [0.2, 0.25) is 5.91 Å². The second-order valence-electron chi connectivity index (χ2n) is 7.94. The molecule has 0 aliphatic heterocycles. The molecule has 9 heteroatoms. The molecule has 1 aliphatic rings. The Morgan fingerprint density at radius 1 is 1.12 bits per heavy atom. The highest BCUT2D eigenvalue weighted by molar-refractivity contribution is 7.99. The molecule has 4 aromatic rings. The van der Waals surface area contributed by atoms with Crippen molar-refractivity contribution in [2.24, 2.45) is 0 Å². The van der Waals surface area contributed by atoms with E-state index < -0.39 is 0 Å². The minimum atomic E-state index is -0.214. The first-order chi connectivity index (χ1) is 16.7. The van der Waals surface area contributed by atoms with E-state index in [9.17, 15) is 10.1 Å². The van der Waals surface area contributed by atoms with Crippen LogP contribution in [0.4, 0.5) is 5.82 Å². The molecule has 1 aliphatic carbocycles. The Morgan fingerprint density at radius 2 is 1.91 bits per heavy atom. The lowest BCUT2D eigenvalue weighted by Gasteiger charge is -2.17. The molecule has 2 aromatic heterocycles. The molecule has 0 saturated carbocycles. The van der Waals surface area contributed by atoms with Gasteiger partial charge in [-0.05, 0) is 61.6 Å². The Bertz CT molecular complexity index is 1390. The summed E-state index contributed by atoms with van der Waals surface area (Å²) >= 11 is 7.39. The van der Waals surface area contributed by atoms with Crippen LogP contribution in [0.5, 0.6) is 0 Å². The average Bonchev–Trinajstić information content (AvgIpc) is 3.45. The van der Waals surface area contributed by atoms with Crippen molar-refractivity contribution >= 4 is 35.1 Å². The number of hydrogen-bond donors (Lipinski definition) is 1. The maximum absolute atomic E-state index is 13.0. The predicted molar refractivity (Wildman–Crippen MR) is 133 cm³/mol. The molecule has 0 bridgehead atoms. The van der Waals surface area contributed by atoms with Crippen LogP contribution in [-0.2, 0) is 17.6 Å². The van der Waals surface area contributed by atoms with Gasteiger partial charge in [-0.1, -0.05) is 47.6 Å². The molecule has 1 amide bonds. The van der Waals surface area contributed by atoms with Crippen molar-refractivity contribution in [3.05, 3.63) is 82.8 Å². The summed E-state index contributed by atoms with van der Waals surface area (Å²) in [6.07, 6.45) is 5.43. The summed E-state index contributed by atoms with van der Waals surface area (Å²) in [4.78, 5) is 13.0. The maximum Gasteiger partial charge on any atom is 0.236 e. The number of nitrogens with zero attached hydrogens (tertiary/aromatic N) is 5. The average molecular weight is 489 g/mol. The van der Waals surface area contributed by atoms with Gasteiger partial charge in [0, 0.05) is 16.4 Å². The first kappa shape index (κ1) is 22.3. The largest absolute Gasteiger partial charge is 0.310 e. The summed E-state index contributed by atoms with van der Waals surface area (Å²) in [5.41, 5.74) is 4.46. The van der Waals surface area contributed by atoms with E-state index in [1.165, 1.54) is 11.8 Å². The molecule has 7 nitrogen and oxygen atoms in total. The first-order valence-electron chi connectivity index (χ1n) is 11.0. The number of para-hydroxylation sites is 1. The van der Waals surface area contributed by atoms with Crippen LogP contribution >= 0.6 is 23.4 Å². The number of hydrogen-bond acceptors (Lipinski definition) is 5. The van der Waals surface area contributed by atoms with Crippen LogP contribution in [0.25, 0.3) is 11.4 Å². The number of fused-ring (bicyclic) bond motifs is 1. The van der Waals surface area contributed by atoms with Gasteiger partial charge in [0.05, 0.1) is 17.0 Å². The molecule has 2 heterocycles. The lowest BCUT2D eigenvalue weighted by molar-refractivity contribution is -0.113. The Kier molecular flexibility index (Phi) is 6.39. The van der Waals surface area contributed by atoms with Gasteiger partial charge < -0.3 is 5.32 Å². The van der Waals surface area contributed by atoms with Crippen molar-refractivity contribution in [2.45, 2.75) is 30.8 Å². The molecule has 5 rings (SSSR count). The molecule has 0 radical (unpaired) electrons. The molecule has 2 aromatic carbocycles. The summed E-state index contributed by atoms with van der Waals surface area (Å²) in [6, 6.07) is 19.6. The molecular weight excluding hydrogens is 468 g/mol. The number of carbonyl (C=O) groups is 1. The zero-order chi connectivity index (χ0) is 23.5. The number of nitrogens with one attached hydrogen (secondary N) is 1. The molecule has 0 atom stereocenters. The zero-order valence-corrected chi connectivity index (χ0v) is 19.8. The van der Waals surface area contributed by atoms with Crippen molar-refractivity contribution in [3.63, 3.8) is 0 Å². The van der Waals surface area contributed by atoms with Crippen LogP contribution in [0.15, 0.2) is 66.1 Å². The SMILES string of the molecule is N#Cc1c2c(n(-c3ccccc3)c1NC(=O)CSc1nncn1-c1cccc(Cl)c1)CCCC2. The van der Waals surface area contributed by atoms with Gasteiger partial charge in [0.1, 0.15) is 18.2 Å². The molecule has 170 valence electrons. The Labute approximate surface area is 206 Å². The Balaban J connectivity index is 1.41. The summed E-state index contributed by atoms with van der Waals surface area (Å²) in [5.74, 6) is 0.450. The highest BCUT2D eigenvalue weighted by Crippen LogP contribution is 2.35. The van der Waals surface area contributed by atoms with E-state index in [1.807, 2.05) is 53.1 Å². The molecule has 0 fully saturated rings. The van der Waals surface area contributed by atoms with E-state index in [2.05, 4.69) is 21.6 Å². The van der Waals surface area contributed by atoms with Crippen LogP contribution in [0.3, 0.4) is 0 Å². The van der Waals surface area contributed by atoms with Crippen LogP contribution < -0.4 is 5.32 Å². The molecule has 0 saturated heterocycles. The molecule has 34 heavy (non-hydrogen) atoms. The van der Waals surface area contributed by atoms with E-state index in [4.69, 9.17) is 11.6 Å². The fourth-order valence-corrected chi connectivity index (χ4v) is 5.23. The number of aromatic nitrogens is 4. The normalized spacial score (nSPS) is 12.7. The van der Waals surface area contributed by atoms with E-state index >= 15 is 0 Å². The third-order valence-corrected chi connectivity index (χ3v) is 6.97. The van der Waals surface area contributed by atoms with Crippen molar-refractivity contribution in [1.29, 1.82) is 5.26 Å². The van der Waals surface area contributed by atoms with E-state index in [-0.39, 0.29) is 11.7 Å². The lowest BCUT2D eigenvalue weighted by Crippen LogP contribution is -2.18. The zero-order valence-electron chi connectivity index (χ0n) is 18.2. The smallest absolute Gasteiger partial charge is 0.236 e. The van der Waals surface area contributed by atoms with Gasteiger partial charge in [0.25, 0.3) is 0 Å². The van der Waals surface area contributed by atoms with E-state index in [0.717, 1.165) is 48.3 Å². The van der Waals surface area contributed by atoms with Crippen LogP contribution in [0.1, 0.15) is 29.7 Å². The number of halogens is 1. The summed E-state index contributed by atoms with van der Waals surface area (Å²) in [6.45, 7) is 0. The highest BCUT2D eigenvalue weighted by atomic mass is 35.5. The molecular formula is C25H21ClN6OS. The van der Waals surface area contributed by atoms with Gasteiger partial charge in [0.15, 0.2) is 5.16 Å². The number of anilines is 1. The van der Waals surface area contributed by atoms with Crippen LogP contribution in [0.2, 0.25) is 5.02 Å². The Morgan fingerprint density at radius 3 is 2.71 bits per heavy atom. The number of benzene rings is 2. The quantitative estimate of drug-likeness (QED) is 0.377. The van der Waals surface area contributed by atoms with Gasteiger partial charge in [-0.15, -0.1) is 10.2 Å². The van der Waals surface area contributed by atoms with Gasteiger partial charge in [-0.25, -0.2) is 0 Å². The summed E-state index contributed by atoms with van der Waals surface area (Å²) < 4.78 is 3.82. The first-order valence-corrected chi connectivity index (χ1v) is 12.3. The van der Waals surface area contributed by atoms with Gasteiger partial charge >= 0.3 is 0 Å². The van der Waals surface area contributed by atoms with Crippen LogP contribution in [0, 0.1) is 11.3 Å². The number of nitriles is 1.